The Labute approximate surface area is 601 Å². The SMILES string of the molecule is c1ccc(C2=NC(c3cccc4c3Oc3ccccc3C43c4ccccc4-c4cc(-c5ccccc5-c5ccc(-c6nc(-c7ccc(-c8ccccc8)cc7)nc(-c7cccc8c7Oc7ccccc7C87c8ccccc8-c8ccccc87)n6)cc5)ccc43)NC(c3cccc4ccccc34)=N2)cc1. The van der Waals surface area contributed by atoms with Crippen LogP contribution in [0.15, 0.2) is 362 Å². The Balaban J connectivity index is 0.672. The average molecular weight is 1330 g/mol. The van der Waals surface area contributed by atoms with Gasteiger partial charge in [0.25, 0.3) is 0 Å². The molecule has 0 saturated carbocycles. The van der Waals surface area contributed by atoms with Gasteiger partial charge in [-0.15, -0.1) is 0 Å². The van der Waals surface area contributed by atoms with Crippen LogP contribution in [0.4, 0.5) is 0 Å². The second-order valence-electron chi connectivity index (χ2n) is 27.2. The molecule has 8 nitrogen and oxygen atoms in total. The molecule has 4 heterocycles. The molecule has 0 radical (unpaired) electrons. The fourth-order valence-electron chi connectivity index (χ4n) is 17.3. The quantitative estimate of drug-likeness (QED) is 0.155. The van der Waals surface area contributed by atoms with Gasteiger partial charge in [0.2, 0.25) is 0 Å². The summed E-state index contributed by atoms with van der Waals surface area (Å²) in [6.45, 7) is 0. The minimum Gasteiger partial charge on any atom is -0.456 e. The summed E-state index contributed by atoms with van der Waals surface area (Å²) in [5.41, 5.74) is 24.4. The molecule has 1 N–H and O–H groups in total. The lowest BCUT2D eigenvalue weighted by molar-refractivity contribution is 0.424. The van der Waals surface area contributed by atoms with Crippen molar-refractivity contribution < 1.29 is 9.47 Å². The van der Waals surface area contributed by atoms with Crippen molar-refractivity contribution in [1.82, 2.24) is 20.3 Å². The molecule has 8 heteroatoms. The first kappa shape index (κ1) is 59.2. The van der Waals surface area contributed by atoms with Crippen molar-refractivity contribution in [3.63, 3.8) is 0 Å². The van der Waals surface area contributed by atoms with Crippen LogP contribution in [-0.2, 0) is 10.8 Å². The van der Waals surface area contributed by atoms with Crippen molar-refractivity contribution in [3.05, 3.63) is 413 Å². The molecule has 2 atom stereocenters. The van der Waals surface area contributed by atoms with Crippen molar-refractivity contribution in [1.29, 1.82) is 0 Å². The Hall–Kier alpha value is -13.7. The van der Waals surface area contributed by atoms with E-state index in [0.29, 0.717) is 23.3 Å². The lowest BCUT2D eigenvalue weighted by Gasteiger charge is -2.40. The molecular weight excluding hydrogens is 1270 g/mol. The fourth-order valence-corrected chi connectivity index (χ4v) is 17.3. The number of aliphatic imine (C=N–C) groups is 2. The number of para-hydroxylation sites is 4. The number of fused-ring (bicyclic) bond motifs is 19. The van der Waals surface area contributed by atoms with E-state index < -0.39 is 17.0 Å². The second-order valence-corrected chi connectivity index (χ2v) is 27.2. The topological polar surface area (TPSA) is 93.9 Å². The second kappa shape index (κ2) is 23.5. The van der Waals surface area contributed by atoms with E-state index >= 15 is 0 Å². The highest BCUT2D eigenvalue weighted by Gasteiger charge is 2.54. The standard InChI is InChI=1S/C96H60N6O2/c1-3-24-59(25-4-1)60-48-52-64(53-49-60)90-97-91(101-93(100-90)74-37-22-44-83-87(74)103-85-46-19-17-42-81(85)95(83)77-39-14-11-33-70(77)71-34-12-15-40-78(71)95)65-54-50-62(51-55-65)67-30-9-10-32-69(67)66-56-57-80-76(58-66)72-35-13-16-41-79(72)96(80)82-43-18-20-47-86(82)104-88-75(38-23-45-84(88)96)94-99-89(63-27-5-2-6-28-63)98-92(102-94)73-36-21-29-61-26-7-8-31-68(61)73/h1-58,94H,(H,98,99,102). The van der Waals surface area contributed by atoms with E-state index in [2.05, 4.69) is 333 Å². The maximum Gasteiger partial charge on any atom is 0.167 e. The van der Waals surface area contributed by atoms with Gasteiger partial charge in [0, 0.05) is 50.1 Å². The predicted molar refractivity (Wildman–Crippen MR) is 417 cm³/mol. The Morgan fingerprint density at radius 2 is 0.683 bits per heavy atom. The number of aromatic nitrogens is 3. The molecule has 21 rings (SSSR count). The number of benzene rings is 15. The van der Waals surface area contributed by atoms with Crippen LogP contribution in [-0.4, -0.2) is 26.6 Å². The van der Waals surface area contributed by atoms with Crippen LogP contribution in [0.1, 0.15) is 67.4 Å². The van der Waals surface area contributed by atoms with E-state index in [0.717, 1.165) is 129 Å². The van der Waals surface area contributed by atoms with Crippen molar-refractivity contribution in [3.8, 4) is 113 Å². The number of rotatable bonds is 9. The largest absolute Gasteiger partial charge is 0.456 e. The van der Waals surface area contributed by atoms with Gasteiger partial charge in [-0.2, -0.15) is 0 Å². The zero-order valence-electron chi connectivity index (χ0n) is 56.1. The summed E-state index contributed by atoms with van der Waals surface area (Å²) in [4.78, 5) is 26.9. The molecule has 5 aliphatic rings. The van der Waals surface area contributed by atoms with Gasteiger partial charge in [0.15, 0.2) is 29.5 Å². The van der Waals surface area contributed by atoms with E-state index in [1.54, 1.807) is 0 Å². The molecule has 16 aromatic rings. The van der Waals surface area contributed by atoms with Gasteiger partial charge in [0.1, 0.15) is 28.8 Å². The number of hydrogen-bond donors (Lipinski definition) is 1. The predicted octanol–water partition coefficient (Wildman–Crippen LogP) is 22.5. The van der Waals surface area contributed by atoms with E-state index in [-0.39, 0.29) is 0 Å². The molecule has 486 valence electrons. The Bertz CT molecular complexity index is 6230. The van der Waals surface area contributed by atoms with Gasteiger partial charge in [0.05, 0.1) is 16.4 Å². The van der Waals surface area contributed by atoms with Crippen LogP contribution in [0.25, 0.3) is 101 Å². The molecule has 0 amide bonds. The van der Waals surface area contributed by atoms with Gasteiger partial charge in [-0.25, -0.2) is 24.9 Å². The van der Waals surface area contributed by atoms with Crippen LogP contribution in [0, 0.1) is 0 Å². The molecular formula is C96H60N6O2. The third kappa shape index (κ3) is 8.95. The van der Waals surface area contributed by atoms with Crippen LogP contribution < -0.4 is 14.8 Å². The molecule has 0 bridgehead atoms. The van der Waals surface area contributed by atoms with Crippen molar-refractivity contribution in [2.24, 2.45) is 9.98 Å². The normalized spacial score (nSPS) is 15.7. The van der Waals surface area contributed by atoms with Gasteiger partial charge in [-0.3, -0.25) is 0 Å². The molecule has 15 aromatic carbocycles. The molecule has 104 heavy (non-hydrogen) atoms. The third-order valence-corrected chi connectivity index (χ3v) is 21.8. The summed E-state index contributed by atoms with van der Waals surface area (Å²) < 4.78 is 14.5. The highest BCUT2D eigenvalue weighted by Crippen LogP contribution is 2.65. The number of ether oxygens (including phenoxy) is 2. The highest BCUT2D eigenvalue weighted by atomic mass is 16.5. The summed E-state index contributed by atoms with van der Waals surface area (Å²) in [6, 6.07) is 125. The van der Waals surface area contributed by atoms with Gasteiger partial charge < -0.3 is 14.8 Å². The lowest BCUT2D eigenvalue weighted by atomic mass is 9.65. The summed E-state index contributed by atoms with van der Waals surface area (Å²) in [5.74, 6) is 6.10. The van der Waals surface area contributed by atoms with Gasteiger partial charge >= 0.3 is 0 Å². The molecule has 3 aliphatic heterocycles. The average Bonchev–Trinajstić information content (AvgIpc) is 1.48. The van der Waals surface area contributed by atoms with E-state index in [9.17, 15) is 0 Å². The summed E-state index contributed by atoms with van der Waals surface area (Å²) in [5, 5.41) is 6.09. The molecule has 2 unspecified atom stereocenters. The molecule has 2 aliphatic carbocycles. The van der Waals surface area contributed by atoms with E-state index in [4.69, 9.17) is 34.4 Å². The highest BCUT2D eigenvalue weighted by molar-refractivity contribution is 6.17. The fraction of sp³-hybridized carbons (Fsp3) is 0.0312. The number of hydrogen-bond acceptors (Lipinski definition) is 8. The molecule has 2 spiro atoms. The summed E-state index contributed by atoms with van der Waals surface area (Å²) in [6.07, 6.45) is -0.550. The van der Waals surface area contributed by atoms with E-state index in [1.807, 2.05) is 24.3 Å². The van der Waals surface area contributed by atoms with Crippen LogP contribution >= 0.6 is 0 Å². The van der Waals surface area contributed by atoms with Crippen LogP contribution in [0.2, 0.25) is 0 Å². The first-order valence-electron chi connectivity index (χ1n) is 35.4. The molecule has 1 aromatic heterocycles. The van der Waals surface area contributed by atoms with Gasteiger partial charge in [-0.1, -0.05) is 328 Å². The maximum absolute atomic E-state index is 7.30. The molecule has 0 fully saturated rings. The Morgan fingerprint density at radius 1 is 0.269 bits per heavy atom. The maximum atomic E-state index is 7.30. The Morgan fingerprint density at radius 3 is 1.33 bits per heavy atom. The first-order valence-corrected chi connectivity index (χ1v) is 35.4. The van der Waals surface area contributed by atoms with E-state index in [1.165, 1.54) is 44.5 Å². The monoisotopic (exact) mass is 1330 g/mol. The number of nitrogens with zero attached hydrogens (tertiary/aromatic N) is 5. The first-order chi connectivity index (χ1) is 51.5. The molecule has 0 saturated heterocycles. The van der Waals surface area contributed by atoms with Gasteiger partial charge in [-0.05, 0) is 113 Å². The number of nitrogens with one attached hydrogen (secondary N) is 1. The lowest BCUT2D eigenvalue weighted by Crippen LogP contribution is -2.36. The van der Waals surface area contributed by atoms with Crippen molar-refractivity contribution in [2.75, 3.05) is 0 Å². The van der Waals surface area contributed by atoms with Crippen molar-refractivity contribution >= 4 is 22.4 Å². The summed E-state index contributed by atoms with van der Waals surface area (Å²) in [7, 11) is 0. The zero-order chi connectivity index (χ0) is 68.5. The van der Waals surface area contributed by atoms with Crippen LogP contribution in [0.5, 0.6) is 23.0 Å². The Kier molecular flexibility index (Phi) is 13.4. The summed E-state index contributed by atoms with van der Waals surface area (Å²) >= 11 is 0. The number of amidine groups is 2. The minimum absolute atomic E-state index is 0.514. The minimum atomic E-state index is -0.748. The third-order valence-electron chi connectivity index (χ3n) is 21.8. The zero-order valence-corrected chi connectivity index (χ0v) is 56.1. The smallest absolute Gasteiger partial charge is 0.167 e. The van der Waals surface area contributed by atoms with Crippen molar-refractivity contribution in [2.45, 2.75) is 17.0 Å². The van der Waals surface area contributed by atoms with Crippen LogP contribution in [0.3, 0.4) is 0 Å².